The molecule has 3 rings (SSSR count). The quantitative estimate of drug-likeness (QED) is 0.918. The summed E-state index contributed by atoms with van der Waals surface area (Å²) in [6, 6.07) is 4.92. The molecule has 0 aromatic carbocycles. The minimum absolute atomic E-state index is 0.672. The van der Waals surface area contributed by atoms with Crippen molar-refractivity contribution >= 4 is 22.7 Å². The molecule has 1 atom stereocenters. The van der Waals surface area contributed by atoms with E-state index in [2.05, 4.69) is 29.8 Å². The lowest BCUT2D eigenvalue weighted by Crippen LogP contribution is -2.23. The third-order valence-corrected chi connectivity index (χ3v) is 5.44. The molecule has 2 aromatic heterocycles. The third-order valence-electron chi connectivity index (χ3n) is 3.22. The fraction of sp³-hybridized carbons (Fsp3) is 0.462. The first kappa shape index (κ1) is 11.4. The second-order valence-electron chi connectivity index (χ2n) is 4.50. The van der Waals surface area contributed by atoms with Crippen LogP contribution in [0.25, 0.3) is 9.88 Å². The van der Waals surface area contributed by atoms with Crippen molar-refractivity contribution in [2.45, 2.75) is 32.2 Å². The zero-order chi connectivity index (χ0) is 11.7. The molecule has 0 amide bonds. The lowest BCUT2D eigenvalue weighted by molar-refractivity contribution is 0.606. The maximum atomic E-state index is 4.70. The van der Waals surface area contributed by atoms with Gasteiger partial charge in [0.1, 0.15) is 5.01 Å². The van der Waals surface area contributed by atoms with Gasteiger partial charge in [-0.15, -0.1) is 22.7 Å². The van der Waals surface area contributed by atoms with E-state index in [1.807, 2.05) is 11.3 Å². The molecule has 1 aliphatic rings. The van der Waals surface area contributed by atoms with Crippen molar-refractivity contribution < 1.29 is 0 Å². The van der Waals surface area contributed by atoms with Crippen LogP contribution in [0.15, 0.2) is 17.5 Å². The van der Waals surface area contributed by atoms with Crippen LogP contribution in [0, 0.1) is 6.92 Å². The minimum atomic E-state index is 0.672. The Morgan fingerprint density at radius 3 is 3.18 bits per heavy atom. The molecular weight excluding hydrogens is 248 g/mol. The number of aromatic nitrogens is 1. The van der Waals surface area contributed by atoms with E-state index < -0.39 is 0 Å². The van der Waals surface area contributed by atoms with E-state index in [0.717, 1.165) is 6.42 Å². The van der Waals surface area contributed by atoms with Crippen LogP contribution in [0.5, 0.6) is 0 Å². The summed E-state index contributed by atoms with van der Waals surface area (Å²) in [6.45, 7) is 3.32. The summed E-state index contributed by atoms with van der Waals surface area (Å²) in [5, 5.41) is 6.86. The van der Waals surface area contributed by atoms with Crippen LogP contribution in [0.2, 0.25) is 0 Å². The van der Waals surface area contributed by atoms with Gasteiger partial charge in [-0.05, 0) is 44.2 Å². The van der Waals surface area contributed by atoms with Crippen molar-refractivity contribution in [3.63, 3.8) is 0 Å². The molecule has 1 fully saturated rings. The van der Waals surface area contributed by atoms with E-state index in [-0.39, 0.29) is 0 Å². The molecule has 2 aromatic rings. The molecule has 1 saturated heterocycles. The number of thiazole rings is 1. The number of hydrogen-bond acceptors (Lipinski definition) is 4. The molecular formula is C13H16N2S2. The third kappa shape index (κ3) is 2.44. The normalized spacial score (nSPS) is 19.9. The van der Waals surface area contributed by atoms with E-state index in [1.54, 1.807) is 11.3 Å². The molecule has 90 valence electrons. The van der Waals surface area contributed by atoms with Gasteiger partial charge < -0.3 is 5.32 Å². The number of rotatable bonds is 3. The Morgan fingerprint density at radius 2 is 2.47 bits per heavy atom. The van der Waals surface area contributed by atoms with E-state index in [4.69, 9.17) is 4.98 Å². The smallest absolute Gasteiger partial charge is 0.133 e. The maximum Gasteiger partial charge on any atom is 0.133 e. The van der Waals surface area contributed by atoms with Crippen molar-refractivity contribution in [1.29, 1.82) is 0 Å². The predicted molar refractivity (Wildman–Crippen MR) is 74.9 cm³/mol. The second kappa shape index (κ2) is 4.88. The second-order valence-corrected chi connectivity index (χ2v) is 6.53. The Hall–Kier alpha value is -0.710. The van der Waals surface area contributed by atoms with Crippen LogP contribution >= 0.6 is 22.7 Å². The lowest BCUT2D eigenvalue weighted by Gasteiger charge is -2.07. The highest BCUT2D eigenvalue weighted by Crippen LogP contribution is 2.32. The Morgan fingerprint density at radius 1 is 1.53 bits per heavy atom. The number of aryl methyl sites for hydroxylation is 1. The fourth-order valence-electron chi connectivity index (χ4n) is 2.28. The summed E-state index contributed by atoms with van der Waals surface area (Å²) >= 11 is 3.64. The highest BCUT2D eigenvalue weighted by atomic mass is 32.1. The van der Waals surface area contributed by atoms with E-state index in [9.17, 15) is 0 Å². The molecule has 0 saturated carbocycles. The van der Waals surface area contributed by atoms with Crippen molar-refractivity contribution in [3.05, 3.63) is 28.1 Å². The molecule has 1 N–H and O–H groups in total. The Labute approximate surface area is 110 Å². The number of thiophene rings is 1. The largest absolute Gasteiger partial charge is 0.314 e. The van der Waals surface area contributed by atoms with E-state index >= 15 is 0 Å². The number of nitrogens with zero attached hydrogens (tertiary/aromatic N) is 1. The van der Waals surface area contributed by atoms with E-state index in [1.165, 1.54) is 39.8 Å². The molecule has 0 spiro atoms. The highest BCUT2D eigenvalue weighted by Gasteiger charge is 2.18. The molecule has 2 nitrogen and oxygen atoms in total. The standard InChI is InChI=1S/C13H16N2S2/c1-9-12(8-10-4-2-6-14-10)17-13(15-9)11-5-3-7-16-11/h3,5,7,10,14H,2,4,6,8H2,1H3. The molecule has 3 heterocycles. The van der Waals surface area contributed by atoms with Crippen LogP contribution in [-0.2, 0) is 6.42 Å². The Kier molecular flexibility index (Phi) is 3.27. The summed E-state index contributed by atoms with van der Waals surface area (Å²) in [7, 11) is 0. The average molecular weight is 264 g/mol. The van der Waals surface area contributed by atoms with Crippen molar-refractivity contribution in [1.82, 2.24) is 10.3 Å². The number of nitrogens with one attached hydrogen (secondary N) is 1. The SMILES string of the molecule is Cc1nc(-c2cccs2)sc1CC1CCCN1. The van der Waals surface area contributed by atoms with Gasteiger partial charge in [0.2, 0.25) is 0 Å². The van der Waals surface area contributed by atoms with Crippen LogP contribution in [0.4, 0.5) is 0 Å². The van der Waals surface area contributed by atoms with Crippen molar-refractivity contribution in [3.8, 4) is 9.88 Å². The van der Waals surface area contributed by atoms with Crippen LogP contribution in [-0.4, -0.2) is 17.6 Å². The van der Waals surface area contributed by atoms with Crippen molar-refractivity contribution in [2.24, 2.45) is 0 Å². The minimum Gasteiger partial charge on any atom is -0.314 e. The van der Waals surface area contributed by atoms with E-state index in [0.29, 0.717) is 6.04 Å². The van der Waals surface area contributed by atoms with Gasteiger partial charge in [0.25, 0.3) is 0 Å². The van der Waals surface area contributed by atoms with Crippen LogP contribution in [0.3, 0.4) is 0 Å². The summed E-state index contributed by atoms with van der Waals surface area (Å²) in [5.41, 5.74) is 1.21. The molecule has 1 aliphatic heterocycles. The van der Waals surface area contributed by atoms with Gasteiger partial charge in [-0.25, -0.2) is 4.98 Å². The first-order chi connectivity index (χ1) is 8.33. The predicted octanol–water partition coefficient (Wildman–Crippen LogP) is 3.47. The van der Waals surface area contributed by atoms with Gasteiger partial charge in [-0.3, -0.25) is 0 Å². The lowest BCUT2D eigenvalue weighted by atomic mass is 10.1. The maximum absolute atomic E-state index is 4.70. The summed E-state index contributed by atoms with van der Waals surface area (Å²) < 4.78 is 0. The number of hydrogen-bond donors (Lipinski definition) is 1. The molecule has 1 unspecified atom stereocenters. The molecule has 4 heteroatoms. The molecule has 17 heavy (non-hydrogen) atoms. The molecule has 0 aliphatic carbocycles. The van der Waals surface area contributed by atoms with Gasteiger partial charge >= 0.3 is 0 Å². The van der Waals surface area contributed by atoms with Gasteiger partial charge in [-0.1, -0.05) is 6.07 Å². The first-order valence-electron chi connectivity index (χ1n) is 6.06. The molecule has 0 radical (unpaired) electrons. The topological polar surface area (TPSA) is 24.9 Å². The first-order valence-corrected chi connectivity index (χ1v) is 7.76. The Bertz CT molecular complexity index is 481. The van der Waals surface area contributed by atoms with Crippen molar-refractivity contribution in [2.75, 3.05) is 6.54 Å². The van der Waals surface area contributed by atoms with Gasteiger partial charge in [0.05, 0.1) is 10.6 Å². The van der Waals surface area contributed by atoms with Crippen LogP contribution in [0.1, 0.15) is 23.4 Å². The van der Waals surface area contributed by atoms with Crippen LogP contribution < -0.4 is 5.32 Å². The average Bonchev–Trinajstić information content (AvgIpc) is 3.02. The summed E-state index contributed by atoms with van der Waals surface area (Å²) in [5.74, 6) is 0. The van der Waals surface area contributed by atoms with Gasteiger partial charge in [0, 0.05) is 10.9 Å². The zero-order valence-corrected chi connectivity index (χ0v) is 11.5. The zero-order valence-electron chi connectivity index (χ0n) is 9.90. The molecule has 0 bridgehead atoms. The summed E-state index contributed by atoms with van der Waals surface area (Å²) in [6.07, 6.45) is 3.78. The van der Waals surface area contributed by atoms with Gasteiger partial charge in [0.15, 0.2) is 0 Å². The highest BCUT2D eigenvalue weighted by molar-refractivity contribution is 7.21. The summed E-state index contributed by atoms with van der Waals surface area (Å²) in [4.78, 5) is 7.44. The monoisotopic (exact) mass is 264 g/mol. The fourth-order valence-corrected chi connectivity index (χ4v) is 4.22. The Balaban J connectivity index is 1.80. The van der Waals surface area contributed by atoms with Gasteiger partial charge in [-0.2, -0.15) is 0 Å².